The van der Waals surface area contributed by atoms with Gasteiger partial charge < -0.3 is 14.2 Å². The molecule has 116 valence electrons. The van der Waals surface area contributed by atoms with Crippen molar-refractivity contribution in [2.45, 2.75) is 58.2 Å². The van der Waals surface area contributed by atoms with Crippen molar-refractivity contribution in [3.05, 3.63) is 23.8 Å². The second-order valence-electron chi connectivity index (χ2n) is 6.05. The lowest BCUT2D eigenvalue weighted by atomic mass is 10.0. The summed E-state index contributed by atoms with van der Waals surface area (Å²) in [7, 11) is 1.39. The Hall–Kier alpha value is -1.71. The Morgan fingerprint density at radius 3 is 2.86 bits per heavy atom. The monoisotopic (exact) mass is 292 g/mol. The largest absolute Gasteiger partial charge is 0.483 e. The first-order chi connectivity index (χ1) is 9.96. The lowest BCUT2D eigenvalue weighted by Gasteiger charge is -2.20. The predicted molar refractivity (Wildman–Crippen MR) is 80.8 cm³/mol. The lowest BCUT2D eigenvalue weighted by molar-refractivity contribution is -0.149. The van der Waals surface area contributed by atoms with Crippen LogP contribution < -0.4 is 9.47 Å². The average molecular weight is 292 g/mol. The number of hydrogen-bond donors (Lipinski definition) is 0. The molecule has 4 nitrogen and oxygen atoms in total. The van der Waals surface area contributed by atoms with Crippen LogP contribution in [0.4, 0.5) is 0 Å². The molecule has 0 aromatic heterocycles. The van der Waals surface area contributed by atoms with E-state index in [2.05, 4.69) is 6.92 Å². The third-order valence-electron chi connectivity index (χ3n) is 3.61. The molecule has 4 heteroatoms. The Morgan fingerprint density at radius 2 is 2.19 bits per heavy atom. The minimum Gasteiger partial charge on any atom is -0.483 e. The number of hydrogen-bond acceptors (Lipinski definition) is 4. The Bertz CT molecular complexity index is 508. The summed E-state index contributed by atoms with van der Waals surface area (Å²) >= 11 is 0. The van der Waals surface area contributed by atoms with E-state index in [1.54, 1.807) is 0 Å². The molecule has 1 heterocycles. The number of carbonyl (C=O) groups excluding carboxylic acids is 1. The number of fused-ring (bicyclic) bond motifs is 1. The van der Waals surface area contributed by atoms with E-state index in [0.29, 0.717) is 12.2 Å². The summed E-state index contributed by atoms with van der Waals surface area (Å²) < 4.78 is 16.7. The molecule has 0 radical (unpaired) electrons. The summed E-state index contributed by atoms with van der Waals surface area (Å²) in [5, 5.41) is 0. The highest BCUT2D eigenvalue weighted by atomic mass is 16.6. The molecule has 0 fully saturated rings. The fourth-order valence-electron chi connectivity index (χ4n) is 2.58. The third kappa shape index (κ3) is 3.69. The second-order valence-corrected chi connectivity index (χ2v) is 6.05. The third-order valence-corrected chi connectivity index (χ3v) is 3.61. The molecule has 1 aliphatic rings. The van der Waals surface area contributed by atoms with Crippen LogP contribution in [-0.4, -0.2) is 24.8 Å². The first kappa shape index (κ1) is 15.7. The highest BCUT2D eigenvalue weighted by Gasteiger charge is 2.33. The molecule has 1 aliphatic heterocycles. The smallest absolute Gasteiger partial charge is 0.347 e. The minimum atomic E-state index is -0.575. The van der Waals surface area contributed by atoms with Gasteiger partial charge in [0.05, 0.1) is 7.11 Å². The van der Waals surface area contributed by atoms with Gasteiger partial charge in [-0.2, -0.15) is 0 Å². The highest BCUT2D eigenvalue weighted by Crippen LogP contribution is 2.42. The Kier molecular flexibility index (Phi) is 4.76. The first-order valence-electron chi connectivity index (χ1n) is 7.52. The lowest BCUT2D eigenvalue weighted by Crippen LogP contribution is -2.29. The number of carbonyl (C=O) groups is 1. The van der Waals surface area contributed by atoms with Gasteiger partial charge in [-0.15, -0.1) is 0 Å². The maximum absolute atomic E-state index is 11.9. The highest BCUT2D eigenvalue weighted by molar-refractivity contribution is 5.75. The number of esters is 1. The van der Waals surface area contributed by atoms with Gasteiger partial charge in [0.15, 0.2) is 17.6 Å². The quantitative estimate of drug-likeness (QED) is 0.753. The summed E-state index contributed by atoms with van der Waals surface area (Å²) in [5.41, 5.74) is 0.892. The number of para-hydroxylation sites is 1. The van der Waals surface area contributed by atoms with Crippen LogP contribution in [0.5, 0.6) is 11.5 Å². The minimum absolute atomic E-state index is 0.230. The topological polar surface area (TPSA) is 44.8 Å². The summed E-state index contributed by atoms with van der Waals surface area (Å²) in [6, 6.07) is 5.82. The average Bonchev–Trinajstić information content (AvgIpc) is 2.77. The Labute approximate surface area is 126 Å². The van der Waals surface area contributed by atoms with Crippen LogP contribution in [0.3, 0.4) is 0 Å². The molecule has 1 aromatic carbocycles. The summed E-state index contributed by atoms with van der Waals surface area (Å²) in [6.07, 6.45) is 2.84. The molecular weight excluding hydrogens is 268 g/mol. The molecule has 1 atom stereocenters. The Morgan fingerprint density at radius 1 is 1.43 bits per heavy atom. The van der Waals surface area contributed by atoms with Crippen molar-refractivity contribution in [1.29, 1.82) is 0 Å². The van der Waals surface area contributed by atoms with Crippen molar-refractivity contribution in [1.82, 2.24) is 0 Å². The van der Waals surface area contributed by atoms with Gasteiger partial charge in [0, 0.05) is 12.0 Å². The number of ether oxygens (including phenoxy) is 3. The Balaban J connectivity index is 2.19. The number of unbranched alkanes of at least 4 members (excludes halogenated alkanes) is 1. The molecule has 2 rings (SSSR count). The van der Waals surface area contributed by atoms with Crippen LogP contribution in [0, 0.1) is 0 Å². The number of methoxy groups -OCH3 is 1. The summed E-state index contributed by atoms with van der Waals surface area (Å²) in [5.74, 6) is 1.05. The standard InChI is InChI=1S/C17H24O4/c1-5-6-9-14(16(18)19-4)20-13-10-7-8-12-11-17(2,3)21-15(12)13/h7-8,10,14H,5-6,9,11H2,1-4H3. The van der Waals surface area contributed by atoms with Gasteiger partial charge in [-0.3, -0.25) is 0 Å². The molecule has 21 heavy (non-hydrogen) atoms. The van der Waals surface area contributed by atoms with E-state index in [1.807, 2.05) is 32.0 Å². The fraction of sp³-hybridized carbons (Fsp3) is 0.588. The van der Waals surface area contributed by atoms with Gasteiger partial charge in [-0.1, -0.05) is 25.5 Å². The maximum Gasteiger partial charge on any atom is 0.347 e. The van der Waals surface area contributed by atoms with Crippen LogP contribution in [0.1, 0.15) is 45.6 Å². The van der Waals surface area contributed by atoms with E-state index < -0.39 is 6.10 Å². The van der Waals surface area contributed by atoms with Crippen LogP contribution in [0.2, 0.25) is 0 Å². The molecule has 1 unspecified atom stereocenters. The van der Waals surface area contributed by atoms with E-state index in [0.717, 1.165) is 30.6 Å². The summed E-state index contributed by atoms with van der Waals surface area (Å²) in [4.78, 5) is 11.9. The van der Waals surface area contributed by atoms with E-state index in [-0.39, 0.29) is 11.6 Å². The van der Waals surface area contributed by atoms with Crippen molar-refractivity contribution >= 4 is 5.97 Å². The van der Waals surface area contributed by atoms with Crippen molar-refractivity contribution in [2.24, 2.45) is 0 Å². The van der Waals surface area contributed by atoms with E-state index in [1.165, 1.54) is 7.11 Å². The molecule has 0 bridgehead atoms. The maximum atomic E-state index is 11.9. The molecule has 0 saturated carbocycles. The zero-order valence-electron chi connectivity index (χ0n) is 13.3. The van der Waals surface area contributed by atoms with Crippen molar-refractivity contribution < 1.29 is 19.0 Å². The SMILES string of the molecule is CCCCC(Oc1cccc2c1OC(C)(C)C2)C(=O)OC. The van der Waals surface area contributed by atoms with Crippen LogP contribution in [0.15, 0.2) is 18.2 Å². The van der Waals surface area contributed by atoms with E-state index in [9.17, 15) is 4.79 Å². The zero-order chi connectivity index (χ0) is 15.5. The molecular formula is C17H24O4. The molecule has 1 aromatic rings. The van der Waals surface area contributed by atoms with Crippen LogP contribution in [-0.2, 0) is 16.0 Å². The molecule has 0 amide bonds. The zero-order valence-corrected chi connectivity index (χ0v) is 13.3. The molecule has 0 aliphatic carbocycles. The van der Waals surface area contributed by atoms with E-state index >= 15 is 0 Å². The van der Waals surface area contributed by atoms with Gasteiger partial charge in [0.25, 0.3) is 0 Å². The van der Waals surface area contributed by atoms with Crippen molar-refractivity contribution in [2.75, 3.05) is 7.11 Å². The summed E-state index contributed by atoms with van der Waals surface area (Å²) in [6.45, 7) is 6.18. The molecule has 0 saturated heterocycles. The van der Waals surface area contributed by atoms with Crippen molar-refractivity contribution in [3.63, 3.8) is 0 Å². The molecule has 0 spiro atoms. The van der Waals surface area contributed by atoms with Crippen molar-refractivity contribution in [3.8, 4) is 11.5 Å². The number of rotatable bonds is 6. The normalized spacial score (nSPS) is 16.8. The van der Waals surface area contributed by atoms with Gasteiger partial charge in [0.1, 0.15) is 5.60 Å². The fourth-order valence-corrected chi connectivity index (χ4v) is 2.58. The number of benzene rings is 1. The van der Waals surface area contributed by atoms with Gasteiger partial charge in [-0.25, -0.2) is 4.79 Å². The first-order valence-corrected chi connectivity index (χ1v) is 7.52. The van der Waals surface area contributed by atoms with E-state index in [4.69, 9.17) is 14.2 Å². The van der Waals surface area contributed by atoms with Crippen LogP contribution >= 0.6 is 0 Å². The van der Waals surface area contributed by atoms with Crippen LogP contribution in [0.25, 0.3) is 0 Å². The second kappa shape index (κ2) is 6.37. The van der Waals surface area contributed by atoms with Gasteiger partial charge >= 0.3 is 5.97 Å². The molecule has 0 N–H and O–H groups in total. The van der Waals surface area contributed by atoms with Gasteiger partial charge in [-0.05, 0) is 32.8 Å². The van der Waals surface area contributed by atoms with Gasteiger partial charge in [0.2, 0.25) is 0 Å². The predicted octanol–water partition coefficient (Wildman–Crippen LogP) is 3.51.